The van der Waals surface area contributed by atoms with Crippen LogP contribution in [0.5, 0.6) is 11.5 Å². The lowest BCUT2D eigenvalue weighted by atomic mass is 9.98. The lowest BCUT2D eigenvalue weighted by Crippen LogP contribution is -2.41. The number of ether oxygens (including phenoxy) is 2. The van der Waals surface area contributed by atoms with Crippen molar-refractivity contribution >= 4 is 11.6 Å². The summed E-state index contributed by atoms with van der Waals surface area (Å²) in [7, 11) is 3.18. The summed E-state index contributed by atoms with van der Waals surface area (Å²) < 4.78 is 12.6. The van der Waals surface area contributed by atoms with Crippen LogP contribution >= 0.6 is 0 Å². The van der Waals surface area contributed by atoms with Crippen molar-refractivity contribution < 1.29 is 14.3 Å². The van der Waals surface area contributed by atoms with Crippen LogP contribution in [0, 0.1) is 5.92 Å². The van der Waals surface area contributed by atoms with Crippen LogP contribution in [0.4, 0.5) is 5.69 Å². The first-order chi connectivity index (χ1) is 12.7. The van der Waals surface area contributed by atoms with Crippen LogP contribution in [0.3, 0.4) is 0 Å². The van der Waals surface area contributed by atoms with Crippen molar-refractivity contribution in [3.05, 3.63) is 36.9 Å². The fraction of sp³-hybridized carbons (Fsp3) is 0.474. The van der Waals surface area contributed by atoms with Gasteiger partial charge in [0.2, 0.25) is 5.91 Å². The molecule has 1 aliphatic heterocycles. The van der Waals surface area contributed by atoms with Crippen LogP contribution in [-0.2, 0) is 11.3 Å². The van der Waals surface area contributed by atoms with E-state index in [4.69, 9.17) is 9.47 Å². The van der Waals surface area contributed by atoms with E-state index in [1.807, 2.05) is 12.5 Å². The van der Waals surface area contributed by atoms with Crippen LogP contribution in [0.1, 0.15) is 12.8 Å². The monoisotopic (exact) mass is 358 g/mol. The van der Waals surface area contributed by atoms with Crippen molar-refractivity contribution in [1.29, 1.82) is 0 Å². The zero-order chi connectivity index (χ0) is 18.4. The molecule has 7 nitrogen and oxygen atoms in total. The number of piperidine rings is 1. The number of carbonyl (C=O) groups is 1. The zero-order valence-electron chi connectivity index (χ0n) is 15.4. The molecule has 0 radical (unpaired) electrons. The molecule has 0 saturated carbocycles. The van der Waals surface area contributed by atoms with E-state index in [0.717, 1.165) is 26.1 Å². The number of imidazole rings is 1. The highest BCUT2D eigenvalue weighted by atomic mass is 16.5. The first-order valence-electron chi connectivity index (χ1n) is 8.87. The van der Waals surface area contributed by atoms with E-state index in [2.05, 4.69) is 19.8 Å². The third-order valence-corrected chi connectivity index (χ3v) is 4.63. The number of hydrogen-bond donors (Lipinski definition) is 1. The number of methoxy groups -OCH3 is 2. The van der Waals surface area contributed by atoms with E-state index in [1.54, 1.807) is 38.6 Å². The summed E-state index contributed by atoms with van der Waals surface area (Å²) in [5, 5.41) is 2.94. The van der Waals surface area contributed by atoms with Gasteiger partial charge in [0.15, 0.2) is 0 Å². The molecular formula is C19H26N4O3. The van der Waals surface area contributed by atoms with Crippen molar-refractivity contribution in [2.45, 2.75) is 19.4 Å². The number of benzene rings is 1. The predicted molar refractivity (Wildman–Crippen MR) is 99.6 cm³/mol. The molecule has 0 unspecified atom stereocenters. The third kappa shape index (κ3) is 4.98. The highest BCUT2D eigenvalue weighted by molar-refractivity contribution is 5.92. The van der Waals surface area contributed by atoms with Crippen LogP contribution in [0.25, 0.3) is 0 Å². The molecule has 1 aliphatic rings. The molecule has 1 atom stereocenters. The van der Waals surface area contributed by atoms with Gasteiger partial charge in [0.25, 0.3) is 0 Å². The SMILES string of the molecule is COc1cc(NC(=O)CN2CCC[C@H](Cn3ccnc3)C2)cc(OC)c1. The van der Waals surface area contributed by atoms with E-state index in [1.165, 1.54) is 6.42 Å². The second-order valence-corrected chi connectivity index (χ2v) is 6.65. The van der Waals surface area contributed by atoms with Gasteiger partial charge in [-0.15, -0.1) is 0 Å². The van der Waals surface area contributed by atoms with Gasteiger partial charge in [-0.2, -0.15) is 0 Å². The molecule has 26 heavy (non-hydrogen) atoms. The Kier molecular flexibility index (Phi) is 6.12. The molecule has 7 heteroatoms. The average Bonchev–Trinajstić information content (AvgIpc) is 3.14. The Bertz CT molecular complexity index is 695. The van der Waals surface area contributed by atoms with Crippen LogP contribution in [0.2, 0.25) is 0 Å². The largest absolute Gasteiger partial charge is 0.497 e. The Balaban J connectivity index is 1.54. The maximum Gasteiger partial charge on any atom is 0.238 e. The number of aromatic nitrogens is 2. The van der Waals surface area contributed by atoms with Gasteiger partial charge in [-0.25, -0.2) is 4.98 Å². The summed E-state index contributed by atoms with van der Waals surface area (Å²) in [6.45, 7) is 3.22. The molecule has 1 aromatic carbocycles. The van der Waals surface area contributed by atoms with Crippen LogP contribution in [0.15, 0.2) is 36.9 Å². The third-order valence-electron chi connectivity index (χ3n) is 4.63. The normalized spacial score (nSPS) is 17.7. The Morgan fingerprint density at radius 2 is 2.04 bits per heavy atom. The second kappa shape index (κ2) is 8.71. The van der Waals surface area contributed by atoms with Gasteiger partial charge < -0.3 is 19.4 Å². The number of anilines is 1. The second-order valence-electron chi connectivity index (χ2n) is 6.65. The van der Waals surface area contributed by atoms with Crippen molar-refractivity contribution in [3.8, 4) is 11.5 Å². The number of carbonyl (C=O) groups excluding carboxylic acids is 1. The van der Waals surface area contributed by atoms with Crippen molar-refractivity contribution in [1.82, 2.24) is 14.5 Å². The van der Waals surface area contributed by atoms with E-state index in [-0.39, 0.29) is 5.91 Å². The average molecular weight is 358 g/mol. The molecule has 3 rings (SSSR count). The highest BCUT2D eigenvalue weighted by Crippen LogP contribution is 2.26. The Hall–Kier alpha value is -2.54. The standard InChI is InChI=1S/C19H26N4O3/c1-25-17-8-16(9-18(10-17)26-2)21-19(24)13-22-6-3-4-15(11-22)12-23-7-5-20-14-23/h5,7-10,14-15H,3-4,6,11-13H2,1-2H3,(H,21,24)/t15-/m0/s1. The molecule has 2 aromatic rings. The number of likely N-dealkylation sites (tertiary alicyclic amines) is 1. The van der Waals surface area contributed by atoms with E-state index in [9.17, 15) is 4.79 Å². The van der Waals surface area contributed by atoms with Gasteiger partial charge >= 0.3 is 0 Å². The topological polar surface area (TPSA) is 68.6 Å². The van der Waals surface area contributed by atoms with Crippen molar-refractivity contribution in [2.24, 2.45) is 5.92 Å². The lowest BCUT2D eigenvalue weighted by molar-refractivity contribution is -0.117. The maximum absolute atomic E-state index is 12.5. The number of nitrogens with zero attached hydrogens (tertiary/aromatic N) is 3. The first-order valence-corrected chi connectivity index (χ1v) is 8.87. The molecule has 2 heterocycles. The summed E-state index contributed by atoms with van der Waals surface area (Å²) in [5.74, 6) is 1.82. The smallest absolute Gasteiger partial charge is 0.238 e. The van der Waals surface area contributed by atoms with Crippen LogP contribution in [-0.4, -0.2) is 54.2 Å². The summed E-state index contributed by atoms with van der Waals surface area (Å²) in [5.41, 5.74) is 0.679. The van der Waals surface area contributed by atoms with Gasteiger partial charge in [0, 0.05) is 49.4 Å². The minimum atomic E-state index is -0.0245. The van der Waals surface area contributed by atoms with Crippen LogP contribution < -0.4 is 14.8 Å². The number of hydrogen-bond acceptors (Lipinski definition) is 5. The summed E-state index contributed by atoms with van der Waals surface area (Å²) >= 11 is 0. The van der Waals surface area contributed by atoms with E-state index < -0.39 is 0 Å². The molecular weight excluding hydrogens is 332 g/mol. The van der Waals surface area contributed by atoms with Gasteiger partial charge in [-0.3, -0.25) is 9.69 Å². The number of rotatable bonds is 7. The molecule has 1 N–H and O–H groups in total. The van der Waals surface area contributed by atoms with Crippen molar-refractivity contribution in [2.75, 3.05) is 39.2 Å². The molecule has 140 valence electrons. The molecule has 0 aliphatic carbocycles. The Morgan fingerprint density at radius 3 is 2.69 bits per heavy atom. The van der Waals surface area contributed by atoms with Crippen molar-refractivity contribution in [3.63, 3.8) is 0 Å². The van der Waals surface area contributed by atoms with Gasteiger partial charge in [0.1, 0.15) is 11.5 Å². The summed E-state index contributed by atoms with van der Waals surface area (Å²) in [6, 6.07) is 5.36. The molecule has 1 amide bonds. The molecule has 1 fully saturated rings. The van der Waals surface area contributed by atoms with Gasteiger partial charge in [0.05, 0.1) is 27.1 Å². The fourth-order valence-corrected chi connectivity index (χ4v) is 3.42. The quantitative estimate of drug-likeness (QED) is 0.822. The van der Waals surface area contributed by atoms with Gasteiger partial charge in [-0.1, -0.05) is 0 Å². The minimum Gasteiger partial charge on any atom is -0.497 e. The Labute approximate surface area is 153 Å². The Morgan fingerprint density at radius 1 is 1.27 bits per heavy atom. The first kappa shape index (κ1) is 18.3. The molecule has 1 saturated heterocycles. The summed E-state index contributed by atoms with van der Waals surface area (Å²) in [4.78, 5) is 18.8. The number of amides is 1. The predicted octanol–water partition coefficient (Wildman–Crippen LogP) is 2.25. The molecule has 0 bridgehead atoms. The van der Waals surface area contributed by atoms with E-state index in [0.29, 0.717) is 29.6 Å². The van der Waals surface area contributed by atoms with Gasteiger partial charge in [-0.05, 0) is 25.3 Å². The molecule has 1 aromatic heterocycles. The maximum atomic E-state index is 12.5. The van der Waals surface area contributed by atoms with E-state index >= 15 is 0 Å². The fourth-order valence-electron chi connectivity index (χ4n) is 3.42. The zero-order valence-corrected chi connectivity index (χ0v) is 15.4. The highest BCUT2D eigenvalue weighted by Gasteiger charge is 2.22. The summed E-state index contributed by atoms with van der Waals surface area (Å²) in [6.07, 6.45) is 7.93. The molecule has 0 spiro atoms. The lowest BCUT2D eigenvalue weighted by Gasteiger charge is -2.32. The number of nitrogens with one attached hydrogen (secondary N) is 1. The minimum absolute atomic E-state index is 0.0245.